The highest BCUT2D eigenvalue weighted by Crippen LogP contribution is 2.15. The van der Waals surface area contributed by atoms with E-state index in [9.17, 15) is 4.79 Å². The maximum Gasteiger partial charge on any atom is 0.411 e. The number of amides is 1. The number of aryl methyl sites for hydroxylation is 1. The summed E-state index contributed by atoms with van der Waals surface area (Å²) in [6.07, 6.45) is 0.622. The molecule has 1 N–H and O–H groups in total. The molecule has 2 rings (SSSR count). The SMILES string of the molecule is Cc1ccc(NC(=O)OCC2CCN(C)N2C)cc1. The molecule has 1 aromatic rings. The molecule has 1 saturated heterocycles. The van der Waals surface area contributed by atoms with Gasteiger partial charge in [0.25, 0.3) is 0 Å². The van der Waals surface area contributed by atoms with Crippen LogP contribution in [0.25, 0.3) is 0 Å². The summed E-state index contributed by atoms with van der Waals surface area (Å²) in [5, 5.41) is 6.97. The number of hydrazine groups is 1. The van der Waals surface area contributed by atoms with Crippen LogP contribution < -0.4 is 5.32 Å². The maximum absolute atomic E-state index is 11.7. The number of likely N-dealkylation sites (N-methyl/N-ethyl adjacent to an activating group) is 1. The summed E-state index contributed by atoms with van der Waals surface area (Å²) in [6.45, 7) is 3.43. The number of hydrogen-bond donors (Lipinski definition) is 1. The number of benzene rings is 1. The largest absolute Gasteiger partial charge is 0.448 e. The first-order valence-electron chi connectivity index (χ1n) is 6.50. The molecule has 0 aromatic heterocycles. The molecule has 1 unspecified atom stereocenters. The zero-order chi connectivity index (χ0) is 13.8. The summed E-state index contributed by atoms with van der Waals surface area (Å²) in [6, 6.07) is 7.91. The molecule has 5 nitrogen and oxygen atoms in total. The van der Waals surface area contributed by atoms with Crippen LogP contribution in [0.4, 0.5) is 10.5 Å². The van der Waals surface area contributed by atoms with Crippen LogP contribution in [0.2, 0.25) is 0 Å². The Balaban J connectivity index is 1.77. The average molecular weight is 263 g/mol. The van der Waals surface area contributed by atoms with Crippen molar-refractivity contribution in [2.75, 3.05) is 32.6 Å². The molecule has 0 bridgehead atoms. The van der Waals surface area contributed by atoms with E-state index in [2.05, 4.69) is 15.3 Å². The second kappa shape index (κ2) is 6.04. The van der Waals surface area contributed by atoms with Gasteiger partial charge < -0.3 is 4.74 Å². The first kappa shape index (κ1) is 13.8. The molecule has 1 amide bonds. The quantitative estimate of drug-likeness (QED) is 0.907. The van der Waals surface area contributed by atoms with Crippen LogP contribution in [-0.4, -0.2) is 49.4 Å². The molecule has 104 valence electrons. The van der Waals surface area contributed by atoms with E-state index in [1.54, 1.807) is 0 Å². The Kier molecular flexibility index (Phi) is 4.39. The molecule has 5 heteroatoms. The van der Waals surface area contributed by atoms with Crippen molar-refractivity contribution in [2.45, 2.75) is 19.4 Å². The van der Waals surface area contributed by atoms with Crippen LogP contribution in [0.5, 0.6) is 0 Å². The fraction of sp³-hybridized carbons (Fsp3) is 0.500. The van der Waals surface area contributed by atoms with Gasteiger partial charge in [0.05, 0.1) is 6.04 Å². The lowest BCUT2D eigenvalue weighted by Gasteiger charge is -2.24. The summed E-state index contributed by atoms with van der Waals surface area (Å²) in [5.41, 5.74) is 1.92. The van der Waals surface area contributed by atoms with E-state index in [0.29, 0.717) is 6.61 Å². The van der Waals surface area contributed by atoms with Gasteiger partial charge in [-0.1, -0.05) is 17.7 Å². The third kappa shape index (κ3) is 3.68. The first-order valence-corrected chi connectivity index (χ1v) is 6.50. The van der Waals surface area contributed by atoms with E-state index in [0.717, 1.165) is 24.2 Å². The number of carbonyl (C=O) groups excluding carboxylic acids is 1. The van der Waals surface area contributed by atoms with Crippen LogP contribution in [0.15, 0.2) is 24.3 Å². The van der Waals surface area contributed by atoms with Crippen LogP contribution in [0, 0.1) is 6.92 Å². The number of nitrogens with zero attached hydrogens (tertiary/aromatic N) is 2. The van der Waals surface area contributed by atoms with Gasteiger partial charge in [0, 0.05) is 26.3 Å². The maximum atomic E-state index is 11.7. The molecule has 1 atom stereocenters. The van der Waals surface area contributed by atoms with Crippen molar-refractivity contribution in [3.8, 4) is 0 Å². The predicted molar refractivity (Wildman–Crippen MR) is 74.9 cm³/mol. The Labute approximate surface area is 114 Å². The van der Waals surface area contributed by atoms with E-state index in [1.807, 2.05) is 45.3 Å². The standard InChI is InChI=1S/C14H21N3O2/c1-11-4-6-12(7-5-11)15-14(18)19-10-13-8-9-16(2)17(13)3/h4-7,13H,8-10H2,1-3H3,(H,15,18). The highest BCUT2D eigenvalue weighted by Gasteiger charge is 2.26. The lowest BCUT2D eigenvalue weighted by molar-refractivity contribution is 0.0266. The number of hydrogen-bond acceptors (Lipinski definition) is 4. The van der Waals surface area contributed by atoms with Crippen molar-refractivity contribution >= 4 is 11.8 Å². The van der Waals surface area contributed by atoms with E-state index >= 15 is 0 Å². The Hall–Kier alpha value is -1.59. The molecule has 0 radical (unpaired) electrons. The van der Waals surface area contributed by atoms with Gasteiger partial charge in [0.15, 0.2) is 0 Å². The second-order valence-electron chi connectivity index (χ2n) is 4.99. The second-order valence-corrected chi connectivity index (χ2v) is 4.99. The summed E-state index contributed by atoms with van der Waals surface area (Å²) < 4.78 is 5.26. The van der Waals surface area contributed by atoms with Gasteiger partial charge in [-0.05, 0) is 25.5 Å². The Morgan fingerprint density at radius 2 is 2.05 bits per heavy atom. The average Bonchev–Trinajstić information content (AvgIpc) is 2.70. The molecule has 1 fully saturated rings. The minimum Gasteiger partial charge on any atom is -0.448 e. The number of carbonyl (C=O) groups is 1. The van der Waals surface area contributed by atoms with Crippen molar-refractivity contribution in [3.05, 3.63) is 29.8 Å². The molecular weight excluding hydrogens is 242 g/mol. The minimum atomic E-state index is -0.396. The Bertz CT molecular complexity index is 433. The number of anilines is 1. The van der Waals surface area contributed by atoms with E-state index in [1.165, 1.54) is 0 Å². The number of rotatable bonds is 3. The Morgan fingerprint density at radius 1 is 1.37 bits per heavy atom. The molecule has 1 heterocycles. The fourth-order valence-electron chi connectivity index (χ4n) is 2.11. The molecule has 19 heavy (non-hydrogen) atoms. The minimum absolute atomic E-state index is 0.272. The molecule has 1 aliphatic rings. The van der Waals surface area contributed by atoms with Gasteiger partial charge >= 0.3 is 6.09 Å². The molecule has 0 spiro atoms. The van der Waals surface area contributed by atoms with Crippen molar-refractivity contribution in [2.24, 2.45) is 0 Å². The first-order chi connectivity index (χ1) is 9.06. The molecular formula is C14H21N3O2. The molecule has 0 aliphatic carbocycles. The van der Waals surface area contributed by atoms with E-state index < -0.39 is 6.09 Å². The van der Waals surface area contributed by atoms with Crippen LogP contribution >= 0.6 is 0 Å². The van der Waals surface area contributed by atoms with E-state index in [4.69, 9.17) is 4.74 Å². The van der Waals surface area contributed by atoms with Gasteiger partial charge in [-0.25, -0.2) is 14.8 Å². The molecule has 0 saturated carbocycles. The van der Waals surface area contributed by atoms with E-state index in [-0.39, 0.29) is 6.04 Å². The van der Waals surface area contributed by atoms with Crippen LogP contribution in [-0.2, 0) is 4.74 Å². The summed E-state index contributed by atoms with van der Waals surface area (Å²) in [5.74, 6) is 0. The molecule has 1 aliphatic heterocycles. The lowest BCUT2D eigenvalue weighted by Crippen LogP contribution is -2.38. The van der Waals surface area contributed by atoms with Crippen LogP contribution in [0.1, 0.15) is 12.0 Å². The smallest absolute Gasteiger partial charge is 0.411 e. The highest BCUT2D eigenvalue weighted by molar-refractivity contribution is 5.84. The van der Waals surface area contributed by atoms with Crippen molar-refractivity contribution in [3.63, 3.8) is 0 Å². The monoisotopic (exact) mass is 263 g/mol. The van der Waals surface area contributed by atoms with Gasteiger partial charge in [-0.3, -0.25) is 5.32 Å². The van der Waals surface area contributed by atoms with Gasteiger partial charge in [-0.15, -0.1) is 0 Å². The van der Waals surface area contributed by atoms with Crippen molar-refractivity contribution in [1.29, 1.82) is 0 Å². The summed E-state index contributed by atoms with van der Waals surface area (Å²) in [4.78, 5) is 11.7. The van der Waals surface area contributed by atoms with Crippen LogP contribution in [0.3, 0.4) is 0 Å². The third-order valence-corrected chi connectivity index (χ3v) is 3.56. The molecule has 1 aromatic carbocycles. The highest BCUT2D eigenvalue weighted by atomic mass is 16.5. The normalized spacial score (nSPS) is 20.5. The lowest BCUT2D eigenvalue weighted by atomic mass is 10.2. The van der Waals surface area contributed by atoms with Gasteiger partial charge in [0.2, 0.25) is 0 Å². The zero-order valence-corrected chi connectivity index (χ0v) is 11.7. The van der Waals surface area contributed by atoms with Crippen molar-refractivity contribution in [1.82, 2.24) is 10.0 Å². The summed E-state index contributed by atoms with van der Waals surface area (Å²) >= 11 is 0. The third-order valence-electron chi connectivity index (χ3n) is 3.56. The van der Waals surface area contributed by atoms with Gasteiger partial charge in [0.1, 0.15) is 6.61 Å². The Morgan fingerprint density at radius 3 is 2.63 bits per heavy atom. The summed E-state index contributed by atoms with van der Waals surface area (Å²) in [7, 11) is 4.05. The predicted octanol–water partition coefficient (Wildman–Crippen LogP) is 2.09. The van der Waals surface area contributed by atoms with Crippen molar-refractivity contribution < 1.29 is 9.53 Å². The topological polar surface area (TPSA) is 44.8 Å². The number of nitrogens with one attached hydrogen (secondary N) is 1. The van der Waals surface area contributed by atoms with Gasteiger partial charge in [-0.2, -0.15) is 0 Å². The zero-order valence-electron chi connectivity index (χ0n) is 11.7. The number of ether oxygens (including phenoxy) is 1. The fourth-order valence-corrected chi connectivity index (χ4v) is 2.11.